The fourth-order valence-corrected chi connectivity index (χ4v) is 6.62. The van der Waals surface area contributed by atoms with E-state index in [-0.39, 0.29) is 54.8 Å². The molecule has 0 fully saturated rings. The molecule has 1 N–H and O–H groups in total. The summed E-state index contributed by atoms with van der Waals surface area (Å²) in [4.78, 5) is 35.3. The Morgan fingerprint density at radius 1 is 0.655 bits per heavy atom. The molecule has 0 aliphatic heterocycles. The monoisotopic (exact) mass is 819 g/mol. The van der Waals surface area contributed by atoms with Gasteiger partial charge in [0.1, 0.15) is 42.1 Å². The number of rotatable bonds is 13. The Bertz CT molecular complexity index is 2600. The molecule has 0 saturated heterocycles. The van der Waals surface area contributed by atoms with Crippen LogP contribution in [0.4, 0.5) is 8.78 Å². The number of hydrogen-bond donors (Lipinski definition) is 1. The van der Waals surface area contributed by atoms with Gasteiger partial charge in [-0.2, -0.15) is 0 Å². The zero-order valence-electron chi connectivity index (χ0n) is 31.5. The maximum absolute atomic E-state index is 13.3. The van der Waals surface area contributed by atoms with Gasteiger partial charge in [-0.3, -0.25) is 4.79 Å². The van der Waals surface area contributed by atoms with E-state index in [0.29, 0.717) is 32.5 Å². The van der Waals surface area contributed by atoms with Crippen molar-refractivity contribution in [1.82, 2.24) is 4.57 Å². The second-order valence-corrected chi connectivity index (χ2v) is 14.3. The molecule has 0 aliphatic carbocycles. The Hall–Kier alpha value is -6.29. The summed E-state index contributed by atoms with van der Waals surface area (Å²) in [5.41, 5.74) is 5.42. The molecule has 0 atom stereocenters. The van der Waals surface area contributed by atoms with Crippen molar-refractivity contribution in [3.05, 3.63) is 183 Å². The van der Waals surface area contributed by atoms with Crippen LogP contribution in [0.15, 0.2) is 133 Å². The molecule has 0 amide bonds. The van der Waals surface area contributed by atoms with Crippen molar-refractivity contribution in [2.45, 2.75) is 39.9 Å². The maximum atomic E-state index is 13.3. The van der Waals surface area contributed by atoms with Crippen LogP contribution in [-0.4, -0.2) is 27.2 Å². The molecule has 7 rings (SSSR count). The van der Waals surface area contributed by atoms with Gasteiger partial charge in [-0.05, 0) is 121 Å². The molecule has 1 aromatic heterocycles. The van der Waals surface area contributed by atoms with Crippen molar-refractivity contribution in [3.63, 3.8) is 0 Å². The van der Waals surface area contributed by atoms with Gasteiger partial charge < -0.3 is 23.9 Å². The lowest BCUT2D eigenvalue weighted by Gasteiger charge is -2.17. The summed E-state index contributed by atoms with van der Waals surface area (Å²) in [5, 5.41) is 12.3. The third-order valence-corrected chi connectivity index (χ3v) is 9.66. The van der Waals surface area contributed by atoms with Crippen LogP contribution < -0.4 is 9.47 Å². The van der Waals surface area contributed by atoms with E-state index < -0.39 is 5.97 Å². The van der Waals surface area contributed by atoms with Crippen LogP contribution >= 0.6 is 23.2 Å². The molecule has 58 heavy (non-hydrogen) atoms. The van der Waals surface area contributed by atoms with Gasteiger partial charge >= 0.3 is 5.97 Å². The number of halogens is 4. The highest BCUT2D eigenvalue weighted by Gasteiger charge is 2.19. The van der Waals surface area contributed by atoms with Crippen LogP contribution in [0.3, 0.4) is 0 Å². The summed E-state index contributed by atoms with van der Waals surface area (Å²) in [6.45, 7) is 3.86. The molecule has 0 bridgehead atoms. The van der Waals surface area contributed by atoms with Crippen molar-refractivity contribution in [2.24, 2.45) is 0 Å². The number of ether oxygens (including phenoxy) is 2. The van der Waals surface area contributed by atoms with E-state index in [1.54, 1.807) is 54.6 Å². The van der Waals surface area contributed by atoms with Crippen LogP contribution in [0.1, 0.15) is 57.3 Å². The summed E-state index contributed by atoms with van der Waals surface area (Å²) in [7, 11) is 0. The SMILES string of the molecule is CC(=O)CCC(=O)c1cc(Cl)ccc1OCc1ccc(F)cc1.Cc1ccc(-c2cc(Cl)ccc2OCc2ccc(F)cc2)n1-c1cc(C(=O)O)c2ccccc2c1. The van der Waals surface area contributed by atoms with Crippen molar-refractivity contribution in [1.29, 1.82) is 0 Å². The van der Waals surface area contributed by atoms with E-state index in [4.69, 9.17) is 32.7 Å². The molecule has 0 unspecified atom stereocenters. The van der Waals surface area contributed by atoms with E-state index in [1.807, 2.05) is 60.0 Å². The van der Waals surface area contributed by atoms with E-state index >= 15 is 0 Å². The highest BCUT2D eigenvalue weighted by atomic mass is 35.5. The smallest absolute Gasteiger partial charge is 0.336 e. The molecule has 1 heterocycles. The van der Waals surface area contributed by atoms with Gasteiger partial charge in [0.05, 0.1) is 16.8 Å². The van der Waals surface area contributed by atoms with Crippen LogP contribution in [0, 0.1) is 18.6 Å². The molecule has 0 aliphatic rings. The number of aromatic nitrogens is 1. The van der Waals surface area contributed by atoms with E-state index in [0.717, 1.165) is 39.2 Å². The Morgan fingerprint density at radius 3 is 1.86 bits per heavy atom. The lowest BCUT2D eigenvalue weighted by Crippen LogP contribution is -2.06. The number of hydrogen-bond acceptors (Lipinski definition) is 5. The van der Waals surface area contributed by atoms with Crippen LogP contribution in [-0.2, 0) is 18.0 Å². The van der Waals surface area contributed by atoms with Crippen molar-refractivity contribution < 1.29 is 37.7 Å². The van der Waals surface area contributed by atoms with Gasteiger partial charge in [0.25, 0.3) is 0 Å². The van der Waals surface area contributed by atoms with Gasteiger partial charge in [0, 0.05) is 39.8 Å². The Kier molecular flexibility index (Phi) is 13.4. The second-order valence-electron chi connectivity index (χ2n) is 13.5. The van der Waals surface area contributed by atoms with Crippen LogP contribution in [0.2, 0.25) is 10.0 Å². The molecular formula is C47H37Cl2F2NO6. The number of fused-ring (bicyclic) bond motifs is 1. The van der Waals surface area contributed by atoms with Crippen molar-refractivity contribution in [3.8, 4) is 28.4 Å². The Balaban J connectivity index is 0.000000214. The quantitative estimate of drug-likeness (QED) is 0.116. The van der Waals surface area contributed by atoms with Crippen molar-refractivity contribution >= 4 is 51.5 Å². The normalized spacial score (nSPS) is 10.8. The van der Waals surface area contributed by atoms with E-state index in [2.05, 4.69) is 0 Å². The third kappa shape index (κ3) is 10.4. The van der Waals surface area contributed by atoms with Gasteiger partial charge in [-0.15, -0.1) is 0 Å². The highest BCUT2D eigenvalue weighted by Crippen LogP contribution is 2.37. The lowest BCUT2D eigenvalue weighted by atomic mass is 10.0. The van der Waals surface area contributed by atoms with Gasteiger partial charge in [-0.25, -0.2) is 13.6 Å². The Morgan fingerprint density at radius 2 is 1.24 bits per heavy atom. The number of ketones is 2. The zero-order valence-corrected chi connectivity index (χ0v) is 33.0. The van der Waals surface area contributed by atoms with Crippen LogP contribution in [0.25, 0.3) is 27.7 Å². The second kappa shape index (κ2) is 18.8. The molecule has 7 aromatic rings. The fourth-order valence-electron chi connectivity index (χ4n) is 6.27. The largest absolute Gasteiger partial charge is 0.488 e. The number of nitrogens with zero attached hydrogens (tertiary/aromatic N) is 1. The number of benzene rings is 6. The van der Waals surface area contributed by atoms with Gasteiger partial charge in [0.15, 0.2) is 5.78 Å². The first-order chi connectivity index (χ1) is 27.9. The summed E-state index contributed by atoms with van der Waals surface area (Å²) >= 11 is 12.3. The summed E-state index contributed by atoms with van der Waals surface area (Å²) in [5.74, 6) is -0.846. The predicted octanol–water partition coefficient (Wildman–Crippen LogP) is 12.3. The molecule has 0 saturated carbocycles. The first kappa shape index (κ1) is 41.3. The van der Waals surface area contributed by atoms with Crippen molar-refractivity contribution in [2.75, 3.05) is 0 Å². The minimum atomic E-state index is -0.986. The molecule has 6 aromatic carbocycles. The lowest BCUT2D eigenvalue weighted by molar-refractivity contribution is -0.117. The third-order valence-electron chi connectivity index (χ3n) is 9.19. The summed E-state index contributed by atoms with van der Waals surface area (Å²) < 4.78 is 39.9. The first-order valence-electron chi connectivity index (χ1n) is 18.2. The predicted molar refractivity (Wildman–Crippen MR) is 223 cm³/mol. The molecule has 11 heteroatoms. The topological polar surface area (TPSA) is 94.8 Å². The van der Waals surface area contributed by atoms with Crippen LogP contribution in [0.5, 0.6) is 11.5 Å². The minimum Gasteiger partial charge on any atom is -0.488 e. The molecule has 0 spiro atoms. The first-order valence-corrected chi connectivity index (χ1v) is 18.9. The minimum absolute atomic E-state index is 0.0471. The standard InChI is InChI=1S/C29H21ClFNO3.C18H16ClFO3/c1-18-6-12-27(32(18)23-14-20-4-2-3-5-24(20)25(16-23)29(33)34)26-15-21(30)9-13-28(26)35-17-19-7-10-22(31)11-8-19;1-12(21)2-8-17(22)16-10-14(19)5-9-18(16)23-11-13-3-6-15(20)7-4-13/h2-16H,17H2,1H3,(H,33,34);3-7,9-10H,2,8,11H2,1H3. The van der Waals surface area contributed by atoms with Gasteiger partial charge in [0.2, 0.25) is 0 Å². The molecule has 0 radical (unpaired) electrons. The number of aromatic carboxylic acids is 1. The Labute approximate surface area is 344 Å². The number of carboxylic acid groups (broad SMARTS) is 1. The molecular weight excluding hydrogens is 783 g/mol. The van der Waals surface area contributed by atoms with E-state index in [9.17, 15) is 28.3 Å². The number of carbonyl (C=O) groups is 3. The number of Topliss-reactive ketones (excluding diaryl/α,β-unsaturated/α-hetero) is 2. The average molecular weight is 821 g/mol. The number of carboxylic acids is 1. The maximum Gasteiger partial charge on any atom is 0.336 e. The fraction of sp³-hybridized carbons (Fsp3) is 0.128. The van der Waals surface area contributed by atoms with E-state index in [1.165, 1.54) is 37.3 Å². The average Bonchev–Trinajstić information content (AvgIpc) is 3.60. The molecule has 294 valence electrons. The summed E-state index contributed by atoms with van der Waals surface area (Å²) in [6, 6.07) is 37.3. The summed E-state index contributed by atoms with van der Waals surface area (Å²) in [6.07, 6.45) is 0.297. The highest BCUT2D eigenvalue weighted by molar-refractivity contribution is 6.31. The number of aryl methyl sites for hydroxylation is 1. The zero-order chi connectivity index (χ0) is 41.3. The molecule has 7 nitrogen and oxygen atoms in total. The van der Waals surface area contributed by atoms with Gasteiger partial charge in [-0.1, -0.05) is 71.7 Å². The number of carbonyl (C=O) groups excluding carboxylic acids is 2.